The van der Waals surface area contributed by atoms with Crippen LogP contribution in [0.15, 0.2) is 36.4 Å². The van der Waals surface area contributed by atoms with Crippen LogP contribution in [-0.4, -0.2) is 5.91 Å². The molecule has 1 aliphatic heterocycles. The summed E-state index contributed by atoms with van der Waals surface area (Å²) in [5.74, 6) is -3.07. The minimum absolute atomic E-state index is 0.0569. The van der Waals surface area contributed by atoms with E-state index >= 15 is 0 Å². The van der Waals surface area contributed by atoms with Crippen LogP contribution in [0.3, 0.4) is 0 Å². The van der Waals surface area contributed by atoms with E-state index in [0.717, 1.165) is 24.3 Å². The van der Waals surface area contributed by atoms with Crippen LogP contribution >= 0.6 is 0 Å². The number of anilines is 1. The lowest BCUT2D eigenvalue weighted by Crippen LogP contribution is -2.05. The summed E-state index contributed by atoms with van der Waals surface area (Å²) in [6.45, 7) is 0. The molecule has 1 heterocycles. The number of rotatable bonds is 1. The Kier molecular flexibility index (Phi) is 3.43. The minimum atomic E-state index is -4.54. The Bertz CT molecular complexity index is 839. The van der Waals surface area contributed by atoms with Crippen molar-refractivity contribution >= 4 is 23.2 Å². The second-order valence-corrected chi connectivity index (χ2v) is 4.92. The number of amides is 1. The van der Waals surface area contributed by atoms with Crippen molar-refractivity contribution in [2.75, 3.05) is 5.32 Å². The summed E-state index contributed by atoms with van der Waals surface area (Å²) < 4.78 is 65.4. The van der Waals surface area contributed by atoms with Crippen molar-refractivity contribution in [2.24, 2.45) is 0 Å². The van der Waals surface area contributed by atoms with Gasteiger partial charge in [-0.3, -0.25) is 4.79 Å². The first-order valence-corrected chi connectivity index (χ1v) is 6.46. The second-order valence-electron chi connectivity index (χ2n) is 4.92. The molecule has 0 spiro atoms. The maximum Gasteiger partial charge on any atom is 0.416 e. The van der Waals surface area contributed by atoms with Gasteiger partial charge in [-0.1, -0.05) is 12.1 Å². The second kappa shape index (κ2) is 5.19. The Hall–Kier alpha value is -2.70. The molecule has 0 aromatic heterocycles. The first kappa shape index (κ1) is 15.2. The van der Waals surface area contributed by atoms with E-state index in [9.17, 15) is 26.7 Å². The van der Waals surface area contributed by atoms with E-state index in [-0.39, 0.29) is 22.4 Å². The lowest BCUT2D eigenvalue weighted by atomic mass is 10.0. The molecule has 0 saturated heterocycles. The van der Waals surface area contributed by atoms with Crippen LogP contribution in [0.1, 0.15) is 16.7 Å². The lowest BCUT2D eigenvalue weighted by molar-refractivity contribution is -0.137. The first-order valence-electron chi connectivity index (χ1n) is 6.46. The Morgan fingerprint density at radius 2 is 1.78 bits per heavy atom. The van der Waals surface area contributed by atoms with Gasteiger partial charge in [0, 0.05) is 5.56 Å². The molecule has 2 aromatic carbocycles. The summed E-state index contributed by atoms with van der Waals surface area (Å²) >= 11 is 0. The van der Waals surface area contributed by atoms with Crippen molar-refractivity contribution in [2.45, 2.75) is 6.18 Å². The molecule has 0 bridgehead atoms. The van der Waals surface area contributed by atoms with Gasteiger partial charge in [0.1, 0.15) is 0 Å². The lowest BCUT2D eigenvalue weighted by Gasteiger charge is -2.07. The smallest absolute Gasteiger partial charge is 0.321 e. The van der Waals surface area contributed by atoms with Gasteiger partial charge in [-0.2, -0.15) is 13.2 Å². The minimum Gasteiger partial charge on any atom is -0.321 e. The van der Waals surface area contributed by atoms with Gasteiger partial charge in [0.05, 0.1) is 16.8 Å². The van der Waals surface area contributed by atoms with E-state index in [2.05, 4.69) is 5.32 Å². The average Bonchev–Trinajstić information content (AvgIpc) is 2.79. The highest BCUT2D eigenvalue weighted by molar-refractivity contribution is 6.35. The zero-order chi connectivity index (χ0) is 16.8. The van der Waals surface area contributed by atoms with Crippen LogP contribution in [0.5, 0.6) is 0 Å². The Balaban J connectivity index is 2.12. The number of carbonyl (C=O) groups excluding carboxylic acids is 1. The predicted molar refractivity (Wildman–Crippen MR) is 74.3 cm³/mol. The molecular weight excluding hydrogens is 317 g/mol. The highest BCUT2D eigenvalue weighted by Crippen LogP contribution is 2.37. The number of nitrogens with one attached hydrogen (secondary N) is 1. The van der Waals surface area contributed by atoms with E-state index in [1.807, 2.05) is 0 Å². The van der Waals surface area contributed by atoms with Crippen molar-refractivity contribution in [3.05, 3.63) is 64.7 Å². The monoisotopic (exact) mass is 325 g/mol. The normalized spacial score (nSPS) is 15.7. The first-order chi connectivity index (χ1) is 10.8. The van der Waals surface area contributed by atoms with Crippen molar-refractivity contribution in [3.63, 3.8) is 0 Å². The molecule has 0 radical (unpaired) electrons. The highest BCUT2D eigenvalue weighted by Gasteiger charge is 2.31. The van der Waals surface area contributed by atoms with Crippen LogP contribution in [0.2, 0.25) is 0 Å². The van der Waals surface area contributed by atoms with Crippen molar-refractivity contribution < 1.29 is 26.7 Å². The van der Waals surface area contributed by atoms with Gasteiger partial charge in [0.25, 0.3) is 5.91 Å². The fourth-order valence-electron chi connectivity index (χ4n) is 2.33. The van der Waals surface area contributed by atoms with Gasteiger partial charge in [-0.25, -0.2) is 8.78 Å². The van der Waals surface area contributed by atoms with Gasteiger partial charge in [0.2, 0.25) is 0 Å². The number of fused-ring (bicyclic) bond motifs is 1. The van der Waals surface area contributed by atoms with Gasteiger partial charge in [-0.15, -0.1) is 0 Å². The third-order valence-corrected chi connectivity index (χ3v) is 3.38. The summed E-state index contributed by atoms with van der Waals surface area (Å²) in [6, 6.07) is 6.27. The van der Waals surface area contributed by atoms with E-state index < -0.39 is 29.3 Å². The van der Waals surface area contributed by atoms with Crippen LogP contribution < -0.4 is 5.32 Å². The number of hydrogen-bond donors (Lipinski definition) is 1. The van der Waals surface area contributed by atoms with Crippen molar-refractivity contribution in [3.8, 4) is 0 Å². The third-order valence-electron chi connectivity index (χ3n) is 3.38. The summed E-state index contributed by atoms with van der Waals surface area (Å²) in [5, 5.41) is 2.34. The highest BCUT2D eigenvalue weighted by atomic mass is 19.4. The number of hydrogen-bond acceptors (Lipinski definition) is 1. The molecule has 1 amide bonds. The Morgan fingerprint density at radius 1 is 1.04 bits per heavy atom. The van der Waals surface area contributed by atoms with Crippen molar-refractivity contribution in [1.29, 1.82) is 0 Å². The molecule has 0 unspecified atom stereocenters. The van der Waals surface area contributed by atoms with Gasteiger partial charge < -0.3 is 5.32 Å². The molecule has 23 heavy (non-hydrogen) atoms. The van der Waals surface area contributed by atoms with Gasteiger partial charge >= 0.3 is 6.18 Å². The summed E-state index contributed by atoms with van der Waals surface area (Å²) in [4.78, 5) is 11.9. The standard InChI is InChI=1S/C16H8F5NO/c17-11-4-5-12-13(14(11)18)10(15(23)22-12)7-8-2-1-3-9(6-8)16(19,20)21/h1-7H,(H,22,23)/b10-7+. The topological polar surface area (TPSA) is 29.1 Å². The molecule has 2 aromatic rings. The predicted octanol–water partition coefficient (Wildman–Crippen LogP) is 4.48. The number of alkyl halides is 3. The summed E-state index contributed by atoms with van der Waals surface area (Å²) in [7, 11) is 0. The molecule has 3 rings (SSSR count). The van der Waals surface area contributed by atoms with Gasteiger partial charge in [0.15, 0.2) is 11.6 Å². The molecular formula is C16H8F5NO. The quantitative estimate of drug-likeness (QED) is 0.608. The molecule has 0 saturated carbocycles. The zero-order valence-electron chi connectivity index (χ0n) is 11.3. The van der Waals surface area contributed by atoms with E-state index in [1.165, 1.54) is 18.2 Å². The largest absolute Gasteiger partial charge is 0.416 e. The van der Waals surface area contributed by atoms with Crippen LogP contribution in [0.4, 0.5) is 27.6 Å². The molecule has 0 fully saturated rings. The fraction of sp³-hybridized carbons (Fsp3) is 0.0625. The SMILES string of the molecule is O=C1Nc2ccc(F)c(F)c2/C1=C\c1cccc(C(F)(F)F)c1. The molecule has 2 nitrogen and oxygen atoms in total. The van der Waals surface area contributed by atoms with E-state index in [1.54, 1.807) is 0 Å². The third kappa shape index (κ3) is 2.69. The number of halogens is 5. The molecule has 0 aliphatic carbocycles. The maximum atomic E-state index is 13.9. The number of carbonyl (C=O) groups is 1. The van der Waals surface area contributed by atoms with Gasteiger partial charge in [-0.05, 0) is 35.9 Å². The van der Waals surface area contributed by atoms with Crippen LogP contribution in [0.25, 0.3) is 11.6 Å². The molecule has 1 N–H and O–H groups in total. The molecule has 7 heteroatoms. The maximum absolute atomic E-state index is 13.9. The molecule has 1 aliphatic rings. The number of benzene rings is 2. The zero-order valence-corrected chi connectivity index (χ0v) is 11.3. The summed E-state index contributed by atoms with van der Waals surface area (Å²) in [6.07, 6.45) is -3.44. The Morgan fingerprint density at radius 3 is 2.48 bits per heavy atom. The summed E-state index contributed by atoms with van der Waals surface area (Å²) in [5.41, 5.74) is -1.28. The van der Waals surface area contributed by atoms with Crippen LogP contribution in [0, 0.1) is 11.6 Å². The van der Waals surface area contributed by atoms with E-state index in [4.69, 9.17) is 0 Å². The Labute approximate surface area is 127 Å². The average molecular weight is 325 g/mol. The molecule has 118 valence electrons. The fourth-order valence-corrected chi connectivity index (χ4v) is 2.33. The molecule has 0 atom stereocenters. The van der Waals surface area contributed by atoms with E-state index in [0.29, 0.717) is 0 Å². The van der Waals surface area contributed by atoms with Crippen molar-refractivity contribution in [1.82, 2.24) is 0 Å². The van der Waals surface area contributed by atoms with Crippen LogP contribution in [-0.2, 0) is 11.0 Å².